The lowest BCUT2D eigenvalue weighted by molar-refractivity contribution is -0.143. The first kappa shape index (κ1) is 27.9. The fourth-order valence-electron chi connectivity index (χ4n) is 4.14. The second-order valence-electron chi connectivity index (χ2n) is 9.64. The predicted octanol–water partition coefficient (Wildman–Crippen LogP) is 3.06. The van der Waals surface area contributed by atoms with Crippen LogP contribution in [0.15, 0.2) is 36.9 Å². The van der Waals surface area contributed by atoms with Gasteiger partial charge in [0.15, 0.2) is 0 Å². The van der Waals surface area contributed by atoms with Gasteiger partial charge < -0.3 is 25.4 Å². The zero-order chi connectivity index (χ0) is 26.0. The summed E-state index contributed by atoms with van der Waals surface area (Å²) in [5.41, 5.74) is 0.161. The van der Waals surface area contributed by atoms with E-state index in [9.17, 15) is 19.5 Å². The largest absolute Gasteiger partial charge is 0.444 e. The Morgan fingerprint density at radius 1 is 1.26 bits per heavy atom. The van der Waals surface area contributed by atoms with Crippen molar-refractivity contribution in [3.8, 4) is 12.3 Å². The molecule has 2 atom stereocenters. The molecule has 1 saturated carbocycles. The molecule has 0 bridgehead atoms. The Balaban J connectivity index is 2.42. The smallest absolute Gasteiger partial charge is 0.408 e. The van der Waals surface area contributed by atoms with Gasteiger partial charge in [-0.1, -0.05) is 49.5 Å². The van der Waals surface area contributed by atoms with E-state index in [0.29, 0.717) is 11.1 Å². The van der Waals surface area contributed by atoms with E-state index in [4.69, 9.17) is 11.2 Å². The minimum Gasteiger partial charge on any atom is -0.444 e. The molecule has 1 aromatic rings. The van der Waals surface area contributed by atoms with Gasteiger partial charge in [0.1, 0.15) is 17.7 Å². The van der Waals surface area contributed by atoms with Crippen LogP contribution in [0.4, 0.5) is 4.79 Å². The van der Waals surface area contributed by atoms with Crippen LogP contribution in [0.5, 0.6) is 0 Å². The Morgan fingerprint density at radius 3 is 2.49 bits per heavy atom. The Kier molecular flexibility index (Phi) is 10.3. The van der Waals surface area contributed by atoms with Crippen molar-refractivity contribution >= 4 is 17.9 Å². The SMILES string of the molecule is C#Cc1ccccc1C(C(=O)NC1CCCCC1)N(CC=C)C(=O)C(CO)NC(=O)OC(C)(C)C. The highest BCUT2D eigenvalue weighted by molar-refractivity contribution is 5.92. The van der Waals surface area contributed by atoms with Crippen LogP contribution < -0.4 is 10.6 Å². The molecule has 2 rings (SSSR count). The Bertz CT molecular complexity index is 941. The van der Waals surface area contributed by atoms with Gasteiger partial charge in [-0.25, -0.2) is 4.79 Å². The number of carbonyl (C=O) groups is 3. The number of hydrogen-bond donors (Lipinski definition) is 3. The van der Waals surface area contributed by atoms with Crippen molar-refractivity contribution in [2.24, 2.45) is 0 Å². The number of alkyl carbamates (subject to hydrolysis) is 1. The Labute approximate surface area is 208 Å². The molecule has 1 aliphatic rings. The Hall–Kier alpha value is -3.31. The van der Waals surface area contributed by atoms with E-state index < -0.39 is 36.3 Å². The van der Waals surface area contributed by atoms with Crippen LogP contribution in [0, 0.1) is 12.3 Å². The van der Waals surface area contributed by atoms with Crippen LogP contribution in [0.2, 0.25) is 0 Å². The average molecular weight is 484 g/mol. The molecule has 0 aliphatic heterocycles. The molecule has 1 aliphatic carbocycles. The molecular formula is C27H37N3O5. The Morgan fingerprint density at radius 2 is 1.91 bits per heavy atom. The number of carbonyl (C=O) groups excluding carboxylic acids is 3. The maximum absolute atomic E-state index is 13.6. The first-order valence-corrected chi connectivity index (χ1v) is 12.0. The van der Waals surface area contributed by atoms with Crippen LogP contribution in [-0.4, -0.2) is 58.8 Å². The molecule has 0 saturated heterocycles. The second kappa shape index (κ2) is 13.0. The van der Waals surface area contributed by atoms with E-state index in [1.165, 1.54) is 11.0 Å². The molecule has 0 heterocycles. The first-order chi connectivity index (χ1) is 16.6. The van der Waals surface area contributed by atoms with E-state index in [1.54, 1.807) is 45.0 Å². The number of ether oxygens (including phenoxy) is 1. The fraction of sp³-hybridized carbons (Fsp3) is 0.519. The number of aliphatic hydroxyl groups is 1. The standard InChI is InChI=1S/C27H37N3O5/c1-6-17-30(25(33)22(18-31)29-26(34)35-27(3,4)5)23(21-16-12-11-13-19(21)7-2)24(32)28-20-14-9-8-10-15-20/h2,6,11-13,16,20,22-23,31H,1,8-10,14-15,17-18H2,3-5H3,(H,28,32)(H,29,34). The minimum absolute atomic E-state index is 0.00552. The normalized spacial score (nSPS) is 15.7. The lowest BCUT2D eigenvalue weighted by Gasteiger charge is -2.35. The molecule has 8 nitrogen and oxygen atoms in total. The van der Waals surface area contributed by atoms with E-state index in [1.807, 2.05) is 0 Å². The van der Waals surface area contributed by atoms with Crippen molar-refractivity contribution in [3.05, 3.63) is 48.0 Å². The topological polar surface area (TPSA) is 108 Å². The summed E-state index contributed by atoms with van der Waals surface area (Å²) in [4.78, 5) is 40.8. The van der Waals surface area contributed by atoms with Gasteiger partial charge in [-0.2, -0.15) is 0 Å². The third kappa shape index (κ3) is 8.15. The van der Waals surface area contributed by atoms with Crippen LogP contribution in [0.3, 0.4) is 0 Å². The van der Waals surface area contributed by atoms with Crippen LogP contribution in [0.1, 0.15) is 70.0 Å². The lowest BCUT2D eigenvalue weighted by atomic mass is 9.93. The highest BCUT2D eigenvalue weighted by Gasteiger charge is 2.37. The van der Waals surface area contributed by atoms with Crippen molar-refractivity contribution in [1.82, 2.24) is 15.5 Å². The molecular weight excluding hydrogens is 446 g/mol. The van der Waals surface area contributed by atoms with Crippen LogP contribution >= 0.6 is 0 Å². The number of amides is 3. The van der Waals surface area contributed by atoms with Gasteiger partial charge in [-0.3, -0.25) is 9.59 Å². The molecule has 8 heteroatoms. The maximum atomic E-state index is 13.6. The van der Waals surface area contributed by atoms with Crippen molar-refractivity contribution in [3.63, 3.8) is 0 Å². The van der Waals surface area contributed by atoms with Gasteiger partial charge in [-0.15, -0.1) is 13.0 Å². The monoisotopic (exact) mass is 483 g/mol. The summed E-state index contributed by atoms with van der Waals surface area (Å²) in [6.07, 6.45) is 11.3. The van der Waals surface area contributed by atoms with E-state index in [0.717, 1.165) is 32.1 Å². The second-order valence-corrected chi connectivity index (χ2v) is 9.64. The number of aliphatic hydroxyl groups excluding tert-OH is 1. The summed E-state index contributed by atoms with van der Waals surface area (Å²) in [5.74, 6) is 1.56. The summed E-state index contributed by atoms with van der Waals surface area (Å²) >= 11 is 0. The summed E-state index contributed by atoms with van der Waals surface area (Å²) in [7, 11) is 0. The predicted molar refractivity (Wildman–Crippen MR) is 134 cm³/mol. The number of terminal acetylenes is 1. The van der Waals surface area contributed by atoms with Crippen molar-refractivity contribution < 1.29 is 24.2 Å². The molecule has 35 heavy (non-hydrogen) atoms. The van der Waals surface area contributed by atoms with Gasteiger partial charge >= 0.3 is 6.09 Å². The number of benzene rings is 1. The summed E-state index contributed by atoms with van der Waals surface area (Å²) in [6, 6.07) is 4.52. The van der Waals surface area contributed by atoms with Crippen LogP contribution in [-0.2, 0) is 14.3 Å². The van der Waals surface area contributed by atoms with Crippen LogP contribution in [0.25, 0.3) is 0 Å². The number of nitrogens with zero attached hydrogens (tertiary/aromatic N) is 1. The first-order valence-electron chi connectivity index (χ1n) is 12.0. The summed E-state index contributed by atoms with van der Waals surface area (Å²) < 4.78 is 5.23. The lowest BCUT2D eigenvalue weighted by Crippen LogP contribution is -2.55. The quantitative estimate of drug-likeness (QED) is 0.370. The molecule has 1 aromatic carbocycles. The highest BCUT2D eigenvalue weighted by atomic mass is 16.6. The fourth-order valence-corrected chi connectivity index (χ4v) is 4.14. The molecule has 0 radical (unpaired) electrons. The van der Waals surface area contributed by atoms with Crippen molar-refractivity contribution in [2.75, 3.05) is 13.2 Å². The maximum Gasteiger partial charge on any atom is 0.408 e. The van der Waals surface area contributed by atoms with Gasteiger partial charge in [0, 0.05) is 18.2 Å². The highest BCUT2D eigenvalue weighted by Crippen LogP contribution is 2.27. The zero-order valence-electron chi connectivity index (χ0n) is 20.9. The van der Waals surface area contributed by atoms with Crippen molar-refractivity contribution in [2.45, 2.75) is 76.6 Å². The van der Waals surface area contributed by atoms with Gasteiger partial charge in [0.05, 0.1) is 6.61 Å². The molecule has 2 unspecified atom stereocenters. The third-order valence-electron chi connectivity index (χ3n) is 5.70. The molecule has 3 N–H and O–H groups in total. The third-order valence-corrected chi connectivity index (χ3v) is 5.70. The number of rotatable bonds is 9. The molecule has 190 valence electrons. The molecule has 0 aromatic heterocycles. The van der Waals surface area contributed by atoms with E-state index in [2.05, 4.69) is 23.1 Å². The summed E-state index contributed by atoms with van der Waals surface area (Å²) in [5, 5.41) is 15.4. The van der Waals surface area contributed by atoms with E-state index >= 15 is 0 Å². The summed E-state index contributed by atoms with van der Waals surface area (Å²) in [6.45, 7) is 8.11. The van der Waals surface area contributed by atoms with Gasteiger partial charge in [-0.05, 0) is 45.2 Å². The van der Waals surface area contributed by atoms with Gasteiger partial charge in [0.25, 0.3) is 0 Å². The number of nitrogens with one attached hydrogen (secondary N) is 2. The van der Waals surface area contributed by atoms with E-state index in [-0.39, 0.29) is 18.5 Å². The number of hydrogen-bond acceptors (Lipinski definition) is 5. The van der Waals surface area contributed by atoms with Crippen molar-refractivity contribution in [1.29, 1.82) is 0 Å². The average Bonchev–Trinajstić information content (AvgIpc) is 2.81. The zero-order valence-corrected chi connectivity index (χ0v) is 20.9. The molecule has 1 fully saturated rings. The molecule has 0 spiro atoms. The van der Waals surface area contributed by atoms with Gasteiger partial charge in [0.2, 0.25) is 11.8 Å². The minimum atomic E-state index is -1.33. The molecule has 3 amide bonds.